The highest BCUT2D eigenvalue weighted by Gasteiger charge is 2.31. The third kappa shape index (κ3) is 3.77. The number of methoxy groups -OCH3 is 1. The van der Waals surface area contributed by atoms with Crippen LogP contribution in [-0.4, -0.2) is 30.1 Å². The summed E-state index contributed by atoms with van der Waals surface area (Å²) in [5, 5.41) is 7.73. The topological polar surface area (TPSA) is 54.3 Å². The molecule has 1 aromatic heterocycles. The lowest BCUT2D eigenvalue weighted by Crippen LogP contribution is -2.27. The minimum absolute atomic E-state index is 0.253. The Bertz CT molecular complexity index is 1050. The van der Waals surface area contributed by atoms with E-state index in [9.17, 15) is 4.79 Å². The first-order valence-electron chi connectivity index (χ1n) is 8.66. The zero-order valence-electron chi connectivity index (χ0n) is 15.1. The Labute approximate surface area is 166 Å². The predicted molar refractivity (Wildman–Crippen MR) is 113 cm³/mol. The van der Waals surface area contributed by atoms with Gasteiger partial charge in [0, 0.05) is 10.4 Å². The van der Waals surface area contributed by atoms with Gasteiger partial charge in [0.15, 0.2) is 5.84 Å². The number of hydrogen-bond acceptors (Lipinski definition) is 5. The van der Waals surface area contributed by atoms with Gasteiger partial charge in [0.2, 0.25) is 0 Å². The molecule has 0 N–H and O–H groups in total. The van der Waals surface area contributed by atoms with Gasteiger partial charge in [-0.15, -0.1) is 11.3 Å². The standard InChI is InChI=1S/C22H17N3O2S/c1-27-18-11-9-16(10-12-18)15-23-25-21(17-6-3-2-4-7-17)24-20(22(25)26)14-19-8-5-13-28-19/h2-15H,1H3. The maximum atomic E-state index is 13.0. The number of thiophene rings is 1. The molecule has 0 unspecified atom stereocenters. The molecule has 1 aliphatic rings. The summed E-state index contributed by atoms with van der Waals surface area (Å²) < 4.78 is 5.17. The largest absolute Gasteiger partial charge is 0.497 e. The third-order valence-corrected chi connectivity index (χ3v) is 4.95. The summed E-state index contributed by atoms with van der Waals surface area (Å²) in [6.45, 7) is 0. The Morgan fingerprint density at radius 1 is 1.04 bits per heavy atom. The van der Waals surface area contributed by atoms with Crippen molar-refractivity contribution in [2.45, 2.75) is 0 Å². The molecule has 6 heteroatoms. The molecule has 0 saturated carbocycles. The summed E-state index contributed by atoms with van der Waals surface area (Å²) >= 11 is 1.56. The van der Waals surface area contributed by atoms with Crippen LogP contribution in [0.15, 0.2) is 87.9 Å². The van der Waals surface area contributed by atoms with Gasteiger partial charge in [0.05, 0.1) is 13.3 Å². The number of hydrazone groups is 1. The van der Waals surface area contributed by atoms with E-state index in [0.29, 0.717) is 11.5 Å². The van der Waals surface area contributed by atoms with Crippen molar-refractivity contribution in [2.75, 3.05) is 7.11 Å². The number of aliphatic imine (C=N–C) groups is 1. The fraction of sp³-hybridized carbons (Fsp3) is 0.0455. The molecule has 2 aromatic carbocycles. The fourth-order valence-electron chi connectivity index (χ4n) is 2.71. The van der Waals surface area contributed by atoms with Crippen LogP contribution in [0.2, 0.25) is 0 Å². The minimum atomic E-state index is -0.253. The zero-order chi connectivity index (χ0) is 19.3. The van der Waals surface area contributed by atoms with Crippen molar-refractivity contribution in [1.82, 2.24) is 5.01 Å². The smallest absolute Gasteiger partial charge is 0.298 e. The lowest BCUT2D eigenvalue weighted by molar-refractivity contribution is -0.122. The van der Waals surface area contributed by atoms with Crippen LogP contribution in [-0.2, 0) is 4.79 Å². The van der Waals surface area contributed by atoms with Crippen molar-refractivity contribution in [3.05, 3.63) is 93.8 Å². The average Bonchev–Trinajstić information content (AvgIpc) is 3.36. The van der Waals surface area contributed by atoms with E-state index < -0.39 is 0 Å². The van der Waals surface area contributed by atoms with Crippen LogP contribution in [0.4, 0.5) is 0 Å². The minimum Gasteiger partial charge on any atom is -0.497 e. The number of nitrogens with zero attached hydrogens (tertiary/aromatic N) is 3. The van der Waals surface area contributed by atoms with Gasteiger partial charge in [-0.3, -0.25) is 4.79 Å². The van der Waals surface area contributed by atoms with Crippen LogP contribution in [0, 0.1) is 0 Å². The first-order valence-corrected chi connectivity index (χ1v) is 9.54. The van der Waals surface area contributed by atoms with Crippen LogP contribution >= 0.6 is 11.3 Å². The van der Waals surface area contributed by atoms with Crippen molar-refractivity contribution >= 4 is 35.4 Å². The third-order valence-electron chi connectivity index (χ3n) is 4.13. The van der Waals surface area contributed by atoms with E-state index in [-0.39, 0.29) is 5.91 Å². The second kappa shape index (κ2) is 8.02. The van der Waals surface area contributed by atoms with Gasteiger partial charge in [-0.2, -0.15) is 10.1 Å². The summed E-state index contributed by atoms with van der Waals surface area (Å²) in [6, 6.07) is 20.9. The molecule has 4 rings (SSSR count). The molecule has 0 aliphatic carbocycles. The number of carbonyl (C=O) groups excluding carboxylic acids is 1. The molecular weight excluding hydrogens is 370 g/mol. The predicted octanol–water partition coefficient (Wildman–Crippen LogP) is 4.42. The summed E-state index contributed by atoms with van der Waals surface area (Å²) in [7, 11) is 1.62. The maximum Gasteiger partial charge on any atom is 0.298 e. The van der Waals surface area contributed by atoms with Gasteiger partial charge in [0.25, 0.3) is 5.91 Å². The summed E-state index contributed by atoms with van der Waals surface area (Å²) in [5.74, 6) is 1.03. The monoisotopic (exact) mass is 387 g/mol. The molecule has 0 saturated heterocycles. The quantitative estimate of drug-likeness (QED) is 0.481. The Morgan fingerprint density at radius 3 is 2.50 bits per heavy atom. The Hall–Kier alpha value is -3.51. The summed E-state index contributed by atoms with van der Waals surface area (Å²) in [4.78, 5) is 18.5. The molecule has 1 aliphatic heterocycles. The highest BCUT2D eigenvalue weighted by molar-refractivity contribution is 7.10. The lowest BCUT2D eigenvalue weighted by Gasteiger charge is -2.11. The maximum absolute atomic E-state index is 13.0. The number of hydrogen-bond donors (Lipinski definition) is 0. The van der Waals surface area contributed by atoms with Crippen LogP contribution in [0.1, 0.15) is 16.0 Å². The average molecular weight is 387 g/mol. The second-order valence-corrected chi connectivity index (χ2v) is 6.96. The normalized spacial score (nSPS) is 15.5. The Morgan fingerprint density at radius 2 is 1.82 bits per heavy atom. The van der Waals surface area contributed by atoms with Gasteiger partial charge < -0.3 is 4.74 Å². The van der Waals surface area contributed by atoms with Gasteiger partial charge >= 0.3 is 0 Å². The number of benzene rings is 2. The Kier molecular flexibility index (Phi) is 5.12. The Balaban J connectivity index is 1.68. The molecule has 0 bridgehead atoms. The summed E-state index contributed by atoms with van der Waals surface area (Å²) in [6.07, 6.45) is 3.43. The van der Waals surface area contributed by atoms with Crippen molar-refractivity contribution in [3.63, 3.8) is 0 Å². The van der Waals surface area contributed by atoms with Crippen LogP contribution < -0.4 is 4.74 Å². The number of rotatable bonds is 5. The highest BCUT2D eigenvalue weighted by Crippen LogP contribution is 2.24. The first-order chi connectivity index (χ1) is 13.7. The van der Waals surface area contributed by atoms with E-state index in [4.69, 9.17) is 4.74 Å². The molecule has 3 aromatic rings. The molecule has 1 amide bonds. The summed E-state index contributed by atoms with van der Waals surface area (Å²) in [5.41, 5.74) is 2.06. The van der Waals surface area contributed by atoms with Crippen molar-refractivity contribution in [1.29, 1.82) is 0 Å². The van der Waals surface area contributed by atoms with E-state index in [1.165, 1.54) is 5.01 Å². The van der Waals surface area contributed by atoms with Crippen molar-refractivity contribution < 1.29 is 9.53 Å². The molecule has 0 atom stereocenters. The van der Waals surface area contributed by atoms with Crippen LogP contribution in [0.25, 0.3) is 6.08 Å². The molecule has 0 fully saturated rings. The number of amides is 1. The number of ether oxygens (including phenoxy) is 1. The van der Waals surface area contributed by atoms with Gasteiger partial charge in [-0.05, 0) is 47.4 Å². The molecule has 28 heavy (non-hydrogen) atoms. The molecule has 2 heterocycles. The van der Waals surface area contributed by atoms with Crippen LogP contribution in [0.5, 0.6) is 5.75 Å². The van der Waals surface area contributed by atoms with Crippen molar-refractivity contribution in [2.24, 2.45) is 10.1 Å². The van der Waals surface area contributed by atoms with Gasteiger partial charge in [-0.1, -0.05) is 36.4 Å². The first kappa shape index (κ1) is 17.9. The van der Waals surface area contributed by atoms with Crippen molar-refractivity contribution in [3.8, 4) is 5.75 Å². The zero-order valence-corrected chi connectivity index (χ0v) is 16.0. The molecule has 0 radical (unpaired) electrons. The molecule has 5 nitrogen and oxygen atoms in total. The van der Waals surface area contributed by atoms with E-state index in [1.54, 1.807) is 30.7 Å². The SMILES string of the molecule is COc1ccc(C=NN2C(=O)C(=Cc3cccs3)N=C2c2ccccc2)cc1. The molecular formula is C22H17N3O2S. The second-order valence-electron chi connectivity index (χ2n) is 5.98. The number of carbonyl (C=O) groups is 1. The fourth-order valence-corrected chi connectivity index (χ4v) is 3.36. The van der Waals surface area contributed by atoms with Gasteiger partial charge in [0.1, 0.15) is 11.4 Å². The highest BCUT2D eigenvalue weighted by atomic mass is 32.1. The van der Waals surface area contributed by atoms with Gasteiger partial charge in [-0.25, -0.2) is 4.99 Å². The van der Waals surface area contributed by atoms with Crippen LogP contribution in [0.3, 0.4) is 0 Å². The van der Waals surface area contributed by atoms with E-state index >= 15 is 0 Å². The molecule has 138 valence electrons. The molecule has 0 spiro atoms. The number of amidine groups is 1. The van der Waals surface area contributed by atoms with E-state index in [2.05, 4.69) is 10.1 Å². The van der Waals surface area contributed by atoms with E-state index in [1.807, 2.05) is 72.1 Å². The lowest BCUT2D eigenvalue weighted by atomic mass is 10.2. The van der Waals surface area contributed by atoms with E-state index in [0.717, 1.165) is 21.8 Å².